The van der Waals surface area contributed by atoms with Crippen LogP contribution in [0.1, 0.15) is 38.6 Å². The lowest BCUT2D eigenvalue weighted by Crippen LogP contribution is -2.28. The largest absolute Gasteiger partial charge is 0.266 e. The molecule has 2 aliphatic rings. The van der Waals surface area contributed by atoms with Gasteiger partial charge in [0.15, 0.2) is 5.65 Å². The van der Waals surface area contributed by atoms with Crippen molar-refractivity contribution in [3.63, 3.8) is 0 Å². The van der Waals surface area contributed by atoms with Gasteiger partial charge in [-0.15, -0.1) is 0 Å². The van der Waals surface area contributed by atoms with E-state index < -0.39 is 10.0 Å². The molecule has 1 fully saturated rings. The third-order valence-electron chi connectivity index (χ3n) is 5.89. The fourth-order valence-corrected chi connectivity index (χ4v) is 5.55. The molecule has 0 aliphatic heterocycles. The summed E-state index contributed by atoms with van der Waals surface area (Å²) in [5.41, 5.74) is 2.59. The summed E-state index contributed by atoms with van der Waals surface area (Å²) < 4.78 is 29.1. The molecule has 1 saturated carbocycles. The van der Waals surface area contributed by atoms with Crippen LogP contribution in [-0.2, 0) is 10.0 Å². The van der Waals surface area contributed by atoms with E-state index in [1.165, 1.54) is 0 Å². The summed E-state index contributed by atoms with van der Waals surface area (Å²) in [6, 6.07) is 2.23. The Balaban J connectivity index is 1.43. The van der Waals surface area contributed by atoms with Crippen LogP contribution in [0.5, 0.6) is 0 Å². The van der Waals surface area contributed by atoms with E-state index in [0.717, 1.165) is 41.3 Å². The highest BCUT2D eigenvalue weighted by Crippen LogP contribution is 2.43. The van der Waals surface area contributed by atoms with Crippen molar-refractivity contribution in [3.05, 3.63) is 29.4 Å². The zero-order valence-electron chi connectivity index (χ0n) is 15.1. The molecule has 8 nitrogen and oxygen atoms in total. The molecule has 5 rings (SSSR count). The quantitative estimate of drug-likeness (QED) is 0.677. The molecule has 3 aromatic heterocycles. The van der Waals surface area contributed by atoms with Gasteiger partial charge in [-0.05, 0) is 30.7 Å². The van der Waals surface area contributed by atoms with E-state index in [0.29, 0.717) is 29.7 Å². The van der Waals surface area contributed by atoms with Crippen LogP contribution in [0.15, 0.2) is 29.4 Å². The second kappa shape index (κ2) is 6.13. The second-order valence-electron chi connectivity index (χ2n) is 7.56. The predicted molar refractivity (Wildman–Crippen MR) is 102 cm³/mol. The lowest BCUT2D eigenvalue weighted by Gasteiger charge is -2.19. The normalized spacial score (nSPS) is 25.4. The van der Waals surface area contributed by atoms with Crippen LogP contribution in [0, 0.1) is 11.8 Å². The average molecular weight is 386 g/mol. The maximum absolute atomic E-state index is 12.1. The van der Waals surface area contributed by atoms with Crippen LogP contribution in [0.4, 0.5) is 0 Å². The second-order valence-corrected chi connectivity index (χ2v) is 9.38. The first kappa shape index (κ1) is 16.9. The highest BCUT2D eigenvalue weighted by atomic mass is 32.2. The number of nitrogens with one attached hydrogen (secondary N) is 2. The zero-order valence-corrected chi connectivity index (χ0v) is 15.9. The van der Waals surface area contributed by atoms with E-state index >= 15 is 0 Å². The minimum absolute atomic E-state index is 0.259. The Morgan fingerprint density at radius 2 is 2.19 bits per heavy atom. The van der Waals surface area contributed by atoms with E-state index in [-0.39, 0.29) is 6.04 Å². The molecule has 2 N–H and O–H groups in total. The molecule has 142 valence electrons. The van der Waals surface area contributed by atoms with Gasteiger partial charge in [0.25, 0.3) is 0 Å². The third-order valence-corrected chi connectivity index (χ3v) is 7.46. The van der Waals surface area contributed by atoms with Crippen LogP contribution in [-0.4, -0.2) is 39.9 Å². The van der Waals surface area contributed by atoms with E-state index in [1.807, 2.05) is 6.07 Å². The molecule has 0 spiro atoms. The molecule has 3 aromatic rings. The highest BCUT2D eigenvalue weighted by Gasteiger charge is 2.36. The number of hydrogen-bond donors (Lipinski definition) is 2. The first-order valence-electron chi connectivity index (χ1n) is 9.41. The minimum atomic E-state index is -3.26. The molecule has 3 unspecified atom stereocenters. The highest BCUT2D eigenvalue weighted by molar-refractivity contribution is 7.93. The maximum Gasteiger partial charge on any atom is 0.236 e. The molecule has 0 aromatic carbocycles. The van der Waals surface area contributed by atoms with Crippen LogP contribution in [0.25, 0.3) is 22.1 Å². The SMILES string of the molecule is CCC1CC(CNS(=O)(=O)C2=CC2)CC1n1[nH]nc2cnc3nccc3c21. The van der Waals surface area contributed by atoms with E-state index in [4.69, 9.17) is 0 Å². The van der Waals surface area contributed by atoms with Crippen molar-refractivity contribution >= 4 is 32.1 Å². The van der Waals surface area contributed by atoms with Gasteiger partial charge in [-0.3, -0.25) is 4.68 Å². The topological polar surface area (TPSA) is 106 Å². The van der Waals surface area contributed by atoms with Gasteiger partial charge in [0.05, 0.1) is 22.7 Å². The monoisotopic (exact) mass is 386 g/mol. The number of rotatable bonds is 6. The zero-order chi connectivity index (χ0) is 18.6. The molecule has 0 saturated heterocycles. The van der Waals surface area contributed by atoms with Gasteiger partial charge in [0, 0.05) is 24.5 Å². The molecular weight excluding hydrogens is 364 g/mol. The minimum Gasteiger partial charge on any atom is -0.266 e. The summed E-state index contributed by atoms with van der Waals surface area (Å²) in [5, 5.41) is 8.61. The van der Waals surface area contributed by atoms with Gasteiger partial charge in [-0.25, -0.2) is 28.3 Å². The standard InChI is InChI=1S/C18H22N6O2S/c1-2-12-7-11(9-21-27(25,26)13-3-4-13)8-16(12)24-17-14-5-6-19-18(14)20-10-15(17)22-23-24/h3,5-6,10-12,16,21,23H,2,4,7-9H2,1H3. The fraction of sp³-hybridized carbons (Fsp3) is 0.500. The predicted octanol–water partition coefficient (Wildman–Crippen LogP) is 2.49. The van der Waals surface area contributed by atoms with Gasteiger partial charge >= 0.3 is 0 Å². The van der Waals surface area contributed by atoms with Crippen LogP contribution in [0.2, 0.25) is 0 Å². The Kier molecular flexibility index (Phi) is 3.83. The average Bonchev–Trinajstić information content (AvgIpc) is 3.11. The van der Waals surface area contributed by atoms with E-state index in [9.17, 15) is 8.42 Å². The Bertz CT molecular complexity index is 1150. The maximum atomic E-state index is 12.1. The summed E-state index contributed by atoms with van der Waals surface area (Å²) in [6.07, 6.45) is 8.82. The van der Waals surface area contributed by atoms with E-state index in [1.54, 1.807) is 18.5 Å². The first-order valence-corrected chi connectivity index (χ1v) is 10.9. The van der Waals surface area contributed by atoms with Crippen molar-refractivity contribution in [1.82, 2.24) is 29.7 Å². The number of pyridine rings is 1. The molecular formula is C18H22N6O2S. The number of hydrogen-bond acceptors (Lipinski definition) is 5. The number of aromatic nitrogens is 5. The van der Waals surface area contributed by atoms with E-state index in [2.05, 4.69) is 36.6 Å². The first-order chi connectivity index (χ1) is 13.1. The molecule has 27 heavy (non-hydrogen) atoms. The number of allylic oxidation sites excluding steroid dienone is 2. The molecule has 2 aliphatic carbocycles. The van der Waals surface area contributed by atoms with Crippen molar-refractivity contribution in [1.29, 1.82) is 0 Å². The smallest absolute Gasteiger partial charge is 0.236 e. The van der Waals surface area contributed by atoms with Gasteiger partial charge < -0.3 is 0 Å². The molecule has 0 radical (unpaired) electrons. The van der Waals surface area contributed by atoms with Crippen molar-refractivity contribution in [2.75, 3.05) is 6.54 Å². The number of aromatic amines is 1. The van der Waals surface area contributed by atoms with Crippen LogP contribution in [0.3, 0.4) is 0 Å². The van der Waals surface area contributed by atoms with Crippen molar-refractivity contribution in [2.45, 2.75) is 38.6 Å². The Morgan fingerprint density at radius 3 is 2.96 bits per heavy atom. The van der Waals surface area contributed by atoms with Gasteiger partial charge in [0.2, 0.25) is 10.0 Å². The number of fused-ring (bicyclic) bond motifs is 3. The lowest BCUT2D eigenvalue weighted by molar-refractivity contribution is 0.346. The molecule has 9 heteroatoms. The summed E-state index contributed by atoms with van der Waals surface area (Å²) in [6.45, 7) is 2.69. The summed E-state index contributed by atoms with van der Waals surface area (Å²) in [4.78, 5) is 9.18. The fourth-order valence-electron chi connectivity index (χ4n) is 4.39. The molecule has 3 heterocycles. The lowest BCUT2D eigenvalue weighted by atomic mass is 10.00. The number of sulfonamides is 1. The molecule has 3 atom stereocenters. The van der Waals surface area contributed by atoms with Crippen molar-refractivity contribution in [3.8, 4) is 0 Å². The summed E-state index contributed by atoms with van der Waals surface area (Å²) in [5.74, 6) is 0.787. The number of nitrogens with zero attached hydrogens (tertiary/aromatic N) is 4. The third kappa shape index (κ3) is 2.85. The Morgan fingerprint density at radius 1 is 1.33 bits per heavy atom. The Labute approximate surface area is 157 Å². The molecule has 0 amide bonds. The Hall–Kier alpha value is -2.26. The summed E-state index contributed by atoms with van der Waals surface area (Å²) in [7, 11) is -3.26. The van der Waals surface area contributed by atoms with Crippen LogP contribution < -0.4 is 4.72 Å². The van der Waals surface area contributed by atoms with Crippen LogP contribution >= 0.6 is 0 Å². The van der Waals surface area contributed by atoms with Gasteiger partial charge in [0.1, 0.15) is 5.52 Å². The summed E-state index contributed by atoms with van der Waals surface area (Å²) >= 11 is 0. The van der Waals surface area contributed by atoms with Gasteiger partial charge in [-0.1, -0.05) is 19.4 Å². The van der Waals surface area contributed by atoms with Gasteiger partial charge in [-0.2, -0.15) is 5.10 Å². The van der Waals surface area contributed by atoms with Crippen molar-refractivity contribution in [2.24, 2.45) is 11.8 Å². The molecule has 0 bridgehead atoms. The number of H-pyrrole nitrogens is 1. The van der Waals surface area contributed by atoms with Crippen molar-refractivity contribution < 1.29 is 8.42 Å².